The van der Waals surface area contributed by atoms with E-state index < -0.39 is 0 Å². The molecule has 0 bridgehead atoms. The van der Waals surface area contributed by atoms with E-state index in [-0.39, 0.29) is 23.5 Å². The number of hydrogen-bond acceptors (Lipinski definition) is 4. The van der Waals surface area contributed by atoms with Crippen molar-refractivity contribution in [3.8, 4) is 11.4 Å². The van der Waals surface area contributed by atoms with Gasteiger partial charge in [-0.25, -0.2) is 4.98 Å². The average molecular weight is 327 g/mol. The van der Waals surface area contributed by atoms with Crippen molar-refractivity contribution >= 4 is 11.6 Å². The van der Waals surface area contributed by atoms with Crippen LogP contribution in [0, 0.1) is 12.8 Å². The second-order valence-corrected chi connectivity index (χ2v) is 6.01. The third-order valence-corrected chi connectivity index (χ3v) is 4.24. The Morgan fingerprint density at radius 1 is 1.38 bits per heavy atom. The zero-order chi connectivity index (χ0) is 17.1. The molecule has 1 fully saturated rings. The molecule has 2 atom stereocenters. The Kier molecular flexibility index (Phi) is 4.76. The molecule has 1 aliphatic rings. The van der Waals surface area contributed by atoms with Crippen LogP contribution in [0.4, 0.5) is 5.69 Å². The van der Waals surface area contributed by atoms with E-state index in [1.807, 2.05) is 31.2 Å². The van der Waals surface area contributed by atoms with Gasteiger partial charge in [-0.1, -0.05) is 6.92 Å². The topological polar surface area (TPSA) is 84.1 Å². The summed E-state index contributed by atoms with van der Waals surface area (Å²) in [7, 11) is 0. The van der Waals surface area contributed by atoms with Crippen molar-refractivity contribution in [2.45, 2.75) is 32.8 Å². The van der Waals surface area contributed by atoms with Crippen molar-refractivity contribution in [1.82, 2.24) is 9.97 Å². The van der Waals surface area contributed by atoms with Gasteiger partial charge in [-0.05, 0) is 44.0 Å². The molecule has 2 heterocycles. The highest BCUT2D eigenvalue weighted by Crippen LogP contribution is 2.25. The van der Waals surface area contributed by atoms with Crippen molar-refractivity contribution in [2.24, 2.45) is 5.92 Å². The van der Waals surface area contributed by atoms with E-state index in [0.717, 1.165) is 24.1 Å². The molecule has 6 nitrogen and oxygen atoms in total. The van der Waals surface area contributed by atoms with Crippen LogP contribution in [0.1, 0.15) is 25.5 Å². The fraction of sp³-hybridized carbons (Fsp3) is 0.389. The quantitative estimate of drug-likeness (QED) is 0.903. The number of anilines is 1. The van der Waals surface area contributed by atoms with Crippen LogP contribution >= 0.6 is 0 Å². The summed E-state index contributed by atoms with van der Waals surface area (Å²) in [6.07, 6.45) is 1.60. The van der Waals surface area contributed by atoms with Gasteiger partial charge >= 0.3 is 0 Å². The molecule has 0 saturated carbocycles. The molecule has 2 N–H and O–H groups in total. The molecule has 1 aromatic heterocycles. The summed E-state index contributed by atoms with van der Waals surface area (Å²) in [4.78, 5) is 30.9. The number of H-pyrrole nitrogens is 1. The minimum absolute atomic E-state index is 0.00538. The Labute approximate surface area is 140 Å². The van der Waals surface area contributed by atoms with Crippen LogP contribution in [-0.4, -0.2) is 28.6 Å². The standard InChI is InChI=1S/C18H21N3O3/c1-3-15-14(8-9-24-15)18(23)20-13-6-4-12(5-7-13)17-19-11(2)10-16(22)21-17/h4-7,10,14-15H,3,8-9H2,1-2H3,(H,20,23)(H,19,21,22)/t14-,15+/m1/s1. The first-order valence-electron chi connectivity index (χ1n) is 8.17. The van der Waals surface area contributed by atoms with Gasteiger partial charge in [-0.15, -0.1) is 0 Å². The molecular weight excluding hydrogens is 306 g/mol. The number of carbonyl (C=O) groups excluding carboxylic acids is 1. The lowest BCUT2D eigenvalue weighted by Crippen LogP contribution is -2.29. The summed E-state index contributed by atoms with van der Waals surface area (Å²) in [6.45, 7) is 4.45. The molecule has 3 rings (SSSR count). The summed E-state index contributed by atoms with van der Waals surface area (Å²) >= 11 is 0. The third kappa shape index (κ3) is 3.54. The van der Waals surface area contributed by atoms with E-state index >= 15 is 0 Å². The summed E-state index contributed by atoms with van der Waals surface area (Å²) < 4.78 is 5.57. The molecule has 24 heavy (non-hydrogen) atoms. The number of ether oxygens (including phenoxy) is 1. The maximum atomic E-state index is 12.4. The van der Waals surface area contributed by atoms with Crippen molar-refractivity contribution in [3.63, 3.8) is 0 Å². The highest BCUT2D eigenvalue weighted by molar-refractivity contribution is 5.93. The van der Waals surface area contributed by atoms with Crippen LogP contribution in [-0.2, 0) is 9.53 Å². The smallest absolute Gasteiger partial charge is 0.251 e. The first-order chi connectivity index (χ1) is 11.6. The second kappa shape index (κ2) is 6.97. The number of aryl methyl sites for hydroxylation is 1. The molecule has 0 radical (unpaired) electrons. The monoisotopic (exact) mass is 327 g/mol. The van der Waals surface area contributed by atoms with Crippen molar-refractivity contribution < 1.29 is 9.53 Å². The minimum Gasteiger partial charge on any atom is -0.377 e. The van der Waals surface area contributed by atoms with Gasteiger partial charge in [0, 0.05) is 29.6 Å². The van der Waals surface area contributed by atoms with E-state index in [1.54, 1.807) is 6.92 Å². The van der Waals surface area contributed by atoms with Crippen LogP contribution < -0.4 is 10.9 Å². The molecule has 1 aromatic carbocycles. The summed E-state index contributed by atoms with van der Waals surface area (Å²) in [6, 6.07) is 8.73. The van der Waals surface area contributed by atoms with Gasteiger partial charge in [0.1, 0.15) is 5.82 Å². The number of hydrogen-bond donors (Lipinski definition) is 2. The minimum atomic E-state index is -0.179. The van der Waals surface area contributed by atoms with Crippen LogP contribution in [0.2, 0.25) is 0 Å². The lowest BCUT2D eigenvalue weighted by Gasteiger charge is -2.16. The van der Waals surface area contributed by atoms with Gasteiger partial charge in [-0.2, -0.15) is 0 Å². The van der Waals surface area contributed by atoms with E-state index in [4.69, 9.17) is 4.74 Å². The van der Waals surface area contributed by atoms with E-state index in [9.17, 15) is 9.59 Å². The Hall–Kier alpha value is -2.47. The number of nitrogens with zero attached hydrogens (tertiary/aromatic N) is 1. The molecular formula is C18H21N3O3. The van der Waals surface area contributed by atoms with Gasteiger partial charge in [0.2, 0.25) is 5.91 Å². The van der Waals surface area contributed by atoms with Gasteiger partial charge < -0.3 is 15.0 Å². The average Bonchev–Trinajstić information content (AvgIpc) is 3.03. The normalized spacial score (nSPS) is 20.1. The van der Waals surface area contributed by atoms with Crippen molar-refractivity contribution in [3.05, 3.63) is 46.4 Å². The number of aromatic nitrogens is 2. The molecule has 0 spiro atoms. The van der Waals surface area contributed by atoms with Gasteiger partial charge in [0.05, 0.1) is 12.0 Å². The fourth-order valence-corrected chi connectivity index (χ4v) is 3.01. The fourth-order valence-electron chi connectivity index (χ4n) is 3.01. The van der Waals surface area contributed by atoms with Crippen LogP contribution in [0.15, 0.2) is 35.1 Å². The highest BCUT2D eigenvalue weighted by Gasteiger charge is 2.32. The van der Waals surface area contributed by atoms with Gasteiger partial charge in [0.15, 0.2) is 0 Å². The molecule has 126 valence electrons. The number of benzene rings is 1. The number of amides is 1. The molecule has 1 amide bonds. The lowest BCUT2D eigenvalue weighted by atomic mass is 9.98. The Morgan fingerprint density at radius 3 is 2.79 bits per heavy atom. The Balaban J connectivity index is 1.72. The predicted molar refractivity (Wildman–Crippen MR) is 91.8 cm³/mol. The van der Waals surface area contributed by atoms with Gasteiger partial charge in [-0.3, -0.25) is 9.59 Å². The molecule has 0 unspecified atom stereocenters. The van der Waals surface area contributed by atoms with Crippen LogP contribution in [0.5, 0.6) is 0 Å². The number of nitrogens with one attached hydrogen (secondary N) is 2. The number of rotatable bonds is 4. The second-order valence-electron chi connectivity index (χ2n) is 6.01. The predicted octanol–water partition coefficient (Wildman–Crippen LogP) is 2.50. The first-order valence-corrected chi connectivity index (χ1v) is 8.17. The third-order valence-electron chi connectivity index (χ3n) is 4.24. The highest BCUT2D eigenvalue weighted by atomic mass is 16.5. The molecule has 1 aliphatic heterocycles. The zero-order valence-electron chi connectivity index (χ0n) is 13.8. The van der Waals surface area contributed by atoms with E-state index in [0.29, 0.717) is 18.1 Å². The van der Waals surface area contributed by atoms with Gasteiger partial charge in [0.25, 0.3) is 5.56 Å². The summed E-state index contributed by atoms with van der Waals surface area (Å²) in [5.41, 5.74) is 2.00. The SMILES string of the molecule is CC[C@@H]1OCC[C@H]1C(=O)Nc1ccc(-c2nc(C)cc(=O)[nH]2)cc1. The van der Waals surface area contributed by atoms with E-state index in [1.165, 1.54) is 6.07 Å². The maximum absolute atomic E-state index is 12.4. The summed E-state index contributed by atoms with van der Waals surface area (Å²) in [5.74, 6) is 0.423. The lowest BCUT2D eigenvalue weighted by molar-refractivity contribution is -0.121. The number of aromatic amines is 1. The molecule has 2 aromatic rings. The zero-order valence-corrected chi connectivity index (χ0v) is 13.8. The number of carbonyl (C=O) groups is 1. The summed E-state index contributed by atoms with van der Waals surface area (Å²) in [5, 5.41) is 2.94. The largest absolute Gasteiger partial charge is 0.377 e. The first kappa shape index (κ1) is 16.4. The maximum Gasteiger partial charge on any atom is 0.251 e. The van der Waals surface area contributed by atoms with Crippen LogP contribution in [0.3, 0.4) is 0 Å². The Bertz CT molecular complexity index is 783. The van der Waals surface area contributed by atoms with E-state index in [2.05, 4.69) is 15.3 Å². The molecule has 0 aliphatic carbocycles. The molecule has 1 saturated heterocycles. The van der Waals surface area contributed by atoms with Crippen molar-refractivity contribution in [1.29, 1.82) is 0 Å². The van der Waals surface area contributed by atoms with Crippen molar-refractivity contribution in [2.75, 3.05) is 11.9 Å². The molecule has 6 heteroatoms. The Morgan fingerprint density at radius 2 is 2.12 bits per heavy atom. The van der Waals surface area contributed by atoms with Crippen LogP contribution in [0.25, 0.3) is 11.4 Å².